The van der Waals surface area contributed by atoms with Crippen LogP contribution in [0.1, 0.15) is 30.5 Å². The molecule has 0 aliphatic rings. The third-order valence-corrected chi connectivity index (χ3v) is 3.15. The van der Waals surface area contributed by atoms with E-state index in [1.165, 1.54) is 11.9 Å². The predicted octanol–water partition coefficient (Wildman–Crippen LogP) is 3.53. The van der Waals surface area contributed by atoms with E-state index in [4.69, 9.17) is 0 Å². The molecular weight excluding hydrogens is 265 g/mol. The molecule has 0 bridgehead atoms. The van der Waals surface area contributed by atoms with Crippen molar-refractivity contribution in [2.75, 3.05) is 26.7 Å². The molecule has 1 aromatic carbocycles. The lowest BCUT2D eigenvalue weighted by Crippen LogP contribution is -2.38. The number of aryl methyl sites for hydroxylation is 1. The molecule has 0 radical (unpaired) electrons. The molecule has 0 saturated heterocycles. The number of nitrogens with one attached hydrogen (secondary N) is 1. The van der Waals surface area contributed by atoms with Crippen molar-refractivity contribution in [2.45, 2.75) is 32.5 Å². The van der Waals surface area contributed by atoms with Gasteiger partial charge >= 0.3 is 6.18 Å². The Morgan fingerprint density at radius 2 is 1.90 bits per heavy atom. The Hall–Kier alpha value is -1.07. The Labute approximate surface area is 119 Å². The molecule has 0 amide bonds. The maximum absolute atomic E-state index is 12.4. The van der Waals surface area contributed by atoms with Crippen LogP contribution in [0, 0.1) is 6.92 Å². The number of likely N-dealkylation sites (N-methyl/N-ethyl adjacent to an activating group) is 1. The van der Waals surface area contributed by atoms with Gasteiger partial charge in [-0.2, -0.15) is 13.2 Å². The molecule has 1 N–H and O–H groups in total. The smallest absolute Gasteiger partial charge is 0.309 e. The van der Waals surface area contributed by atoms with E-state index in [9.17, 15) is 13.2 Å². The van der Waals surface area contributed by atoms with E-state index in [0.717, 1.165) is 24.1 Å². The van der Waals surface area contributed by atoms with Crippen LogP contribution < -0.4 is 5.32 Å². The lowest BCUT2D eigenvalue weighted by molar-refractivity contribution is -0.143. The zero-order valence-corrected chi connectivity index (χ0v) is 12.3. The van der Waals surface area contributed by atoms with Crippen LogP contribution in [0.4, 0.5) is 13.2 Å². The first-order valence-electron chi connectivity index (χ1n) is 6.87. The van der Waals surface area contributed by atoms with Gasteiger partial charge in [-0.3, -0.25) is 4.90 Å². The predicted molar refractivity (Wildman–Crippen MR) is 75.8 cm³/mol. The van der Waals surface area contributed by atoms with Crippen molar-refractivity contribution in [3.63, 3.8) is 0 Å². The normalized spacial score (nSPS) is 13.8. The quantitative estimate of drug-likeness (QED) is 0.825. The third-order valence-electron chi connectivity index (χ3n) is 3.15. The van der Waals surface area contributed by atoms with E-state index in [0.29, 0.717) is 6.54 Å². The van der Waals surface area contributed by atoms with E-state index in [1.807, 2.05) is 38.1 Å². The Kier molecular flexibility index (Phi) is 6.49. The molecule has 0 aromatic heterocycles. The van der Waals surface area contributed by atoms with E-state index in [-0.39, 0.29) is 6.04 Å². The van der Waals surface area contributed by atoms with Gasteiger partial charge in [0.2, 0.25) is 0 Å². The fourth-order valence-electron chi connectivity index (χ4n) is 2.25. The number of nitrogens with zero attached hydrogens (tertiary/aromatic N) is 1. The largest absolute Gasteiger partial charge is 0.401 e. The van der Waals surface area contributed by atoms with Crippen molar-refractivity contribution in [1.82, 2.24) is 10.2 Å². The zero-order valence-electron chi connectivity index (χ0n) is 12.3. The van der Waals surface area contributed by atoms with Crippen LogP contribution >= 0.6 is 0 Å². The first kappa shape index (κ1) is 17.0. The van der Waals surface area contributed by atoms with E-state index in [2.05, 4.69) is 5.32 Å². The van der Waals surface area contributed by atoms with Gasteiger partial charge in [0.25, 0.3) is 0 Å². The zero-order chi connectivity index (χ0) is 15.2. The average molecular weight is 288 g/mol. The third kappa shape index (κ3) is 5.92. The molecule has 0 aliphatic heterocycles. The van der Waals surface area contributed by atoms with Crippen LogP contribution in [0.25, 0.3) is 0 Å². The molecule has 5 heteroatoms. The molecule has 2 nitrogen and oxygen atoms in total. The number of rotatable bonds is 7. The van der Waals surface area contributed by atoms with Crippen molar-refractivity contribution in [3.05, 3.63) is 35.4 Å². The fourth-order valence-corrected chi connectivity index (χ4v) is 2.25. The van der Waals surface area contributed by atoms with Crippen LogP contribution in [0.15, 0.2) is 24.3 Å². The van der Waals surface area contributed by atoms with Gasteiger partial charge in [0.1, 0.15) is 0 Å². The van der Waals surface area contributed by atoms with Crippen molar-refractivity contribution in [1.29, 1.82) is 0 Å². The van der Waals surface area contributed by atoms with Crippen molar-refractivity contribution in [3.8, 4) is 0 Å². The van der Waals surface area contributed by atoms with Crippen LogP contribution in [0.5, 0.6) is 0 Å². The van der Waals surface area contributed by atoms with Gasteiger partial charge in [0.15, 0.2) is 0 Å². The van der Waals surface area contributed by atoms with Gasteiger partial charge in [-0.1, -0.05) is 31.2 Å². The summed E-state index contributed by atoms with van der Waals surface area (Å²) in [4.78, 5) is 1.32. The molecule has 1 aromatic rings. The van der Waals surface area contributed by atoms with Crippen LogP contribution in [-0.4, -0.2) is 37.8 Å². The van der Waals surface area contributed by atoms with Gasteiger partial charge in [0, 0.05) is 12.6 Å². The molecule has 1 atom stereocenters. The molecule has 114 valence electrons. The summed E-state index contributed by atoms with van der Waals surface area (Å²) in [5.74, 6) is 0. The summed E-state index contributed by atoms with van der Waals surface area (Å²) in [6, 6.07) is 7.74. The topological polar surface area (TPSA) is 15.3 Å². The lowest BCUT2D eigenvalue weighted by atomic mass is 10.0. The first-order chi connectivity index (χ1) is 9.33. The number of benzene rings is 1. The van der Waals surface area contributed by atoms with Crippen molar-refractivity contribution < 1.29 is 13.2 Å². The monoisotopic (exact) mass is 288 g/mol. The summed E-state index contributed by atoms with van der Waals surface area (Å²) in [5.41, 5.74) is 2.16. The van der Waals surface area contributed by atoms with Gasteiger partial charge < -0.3 is 5.32 Å². The van der Waals surface area contributed by atoms with E-state index in [1.54, 1.807) is 0 Å². The highest BCUT2D eigenvalue weighted by Crippen LogP contribution is 2.21. The molecule has 1 unspecified atom stereocenters. The van der Waals surface area contributed by atoms with E-state index < -0.39 is 12.7 Å². The lowest BCUT2D eigenvalue weighted by Gasteiger charge is -2.27. The second kappa shape index (κ2) is 7.64. The summed E-state index contributed by atoms with van der Waals surface area (Å²) in [6.07, 6.45) is -3.21. The molecule has 0 heterocycles. The highest BCUT2D eigenvalue weighted by Gasteiger charge is 2.30. The highest BCUT2D eigenvalue weighted by molar-refractivity contribution is 5.29. The maximum atomic E-state index is 12.4. The Bertz CT molecular complexity index is 404. The first-order valence-corrected chi connectivity index (χ1v) is 6.87. The van der Waals surface area contributed by atoms with Gasteiger partial charge in [-0.25, -0.2) is 0 Å². The van der Waals surface area contributed by atoms with Gasteiger partial charge in [-0.15, -0.1) is 0 Å². The number of alkyl halides is 3. The van der Waals surface area contributed by atoms with Crippen molar-refractivity contribution >= 4 is 0 Å². The summed E-state index contributed by atoms with van der Waals surface area (Å²) in [6.45, 7) is 4.27. The summed E-state index contributed by atoms with van der Waals surface area (Å²) in [5, 5.41) is 3.33. The second-order valence-electron chi connectivity index (χ2n) is 5.18. The molecule has 0 fully saturated rings. The van der Waals surface area contributed by atoms with Crippen LogP contribution in [0.2, 0.25) is 0 Å². The second-order valence-corrected chi connectivity index (χ2v) is 5.18. The molecule has 1 rings (SSSR count). The van der Waals surface area contributed by atoms with Crippen molar-refractivity contribution in [2.24, 2.45) is 0 Å². The minimum absolute atomic E-state index is 0.0801. The van der Waals surface area contributed by atoms with E-state index >= 15 is 0 Å². The minimum atomic E-state index is -4.16. The Morgan fingerprint density at radius 3 is 2.45 bits per heavy atom. The summed E-state index contributed by atoms with van der Waals surface area (Å²) < 4.78 is 37.3. The molecule has 20 heavy (non-hydrogen) atoms. The number of hydrogen-bond donors (Lipinski definition) is 1. The van der Waals surface area contributed by atoms with Gasteiger partial charge in [0.05, 0.1) is 6.54 Å². The standard InChI is InChI=1S/C15H23F3N2/c1-4-9-19-14(10-20(3)11-15(16,17)18)13-8-6-5-7-12(13)2/h5-8,14,19H,4,9-11H2,1-3H3. The molecule has 0 aliphatic carbocycles. The molecule has 0 saturated carbocycles. The number of halogens is 3. The Balaban J connectivity index is 2.77. The summed E-state index contributed by atoms with van der Waals surface area (Å²) in [7, 11) is 1.51. The Morgan fingerprint density at radius 1 is 1.25 bits per heavy atom. The minimum Gasteiger partial charge on any atom is -0.309 e. The summed E-state index contributed by atoms with van der Waals surface area (Å²) >= 11 is 0. The molecular formula is C15H23F3N2. The molecule has 0 spiro atoms. The highest BCUT2D eigenvalue weighted by atomic mass is 19.4. The van der Waals surface area contributed by atoms with Crippen LogP contribution in [-0.2, 0) is 0 Å². The average Bonchev–Trinajstić information content (AvgIpc) is 2.33. The maximum Gasteiger partial charge on any atom is 0.401 e. The SMILES string of the molecule is CCCNC(CN(C)CC(F)(F)F)c1ccccc1C. The fraction of sp³-hybridized carbons (Fsp3) is 0.600. The number of hydrogen-bond acceptors (Lipinski definition) is 2. The van der Waals surface area contributed by atoms with Crippen LogP contribution in [0.3, 0.4) is 0 Å². The van der Waals surface area contributed by atoms with Gasteiger partial charge in [-0.05, 0) is 38.1 Å².